The molecule has 3 rings (SSSR count). The fraction of sp³-hybridized carbons (Fsp3) is 0.188. The Hall–Kier alpha value is -2.34. The number of hydrogen-bond donors (Lipinski definition) is 0. The normalized spacial score (nSPS) is 11.7. The Kier molecular flexibility index (Phi) is 3.85. The molecule has 22 heavy (non-hydrogen) atoms. The van der Waals surface area contributed by atoms with E-state index in [0.29, 0.717) is 17.7 Å². The standard InChI is InChI=1S/C16H16N2O3S/c1-2-11-21-15-7-8-16(14-6-4-3-5-13(14)15)22(19,20)18-10-9-17-12-18/h3-10,12H,2,11H2,1H3. The second-order valence-electron chi connectivity index (χ2n) is 4.85. The lowest BCUT2D eigenvalue weighted by molar-refractivity contribution is 0.321. The molecule has 0 saturated carbocycles. The molecule has 5 nitrogen and oxygen atoms in total. The molecule has 0 aliphatic carbocycles. The molecule has 1 aromatic heterocycles. The fourth-order valence-corrected chi connectivity index (χ4v) is 3.63. The lowest BCUT2D eigenvalue weighted by atomic mass is 10.1. The maximum Gasteiger partial charge on any atom is 0.269 e. The van der Waals surface area contributed by atoms with E-state index in [1.165, 1.54) is 18.7 Å². The van der Waals surface area contributed by atoms with Gasteiger partial charge in [-0.05, 0) is 18.6 Å². The molecule has 1 heterocycles. The van der Waals surface area contributed by atoms with Gasteiger partial charge in [0.05, 0.1) is 11.5 Å². The van der Waals surface area contributed by atoms with E-state index in [9.17, 15) is 8.42 Å². The Bertz CT molecular complexity index is 887. The van der Waals surface area contributed by atoms with Gasteiger partial charge in [0.25, 0.3) is 10.0 Å². The maximum absolute atomic E-state index is 12.7. The van der Waals surface area contributed by atoms with Crippen LogP contribution in [0.1, 0.15) is 13.3 Å². The summed E-state index contributed by atoms with van der Waals surface area (Å²) in [5.41, 5.74) is 0. The topological polar surface area (TPSA) is 61.2 Å². The molecule has 0 amide bonds. The molecule has 114 valence electrons. The van der Waals surface area contributed by atoms with Crippen molar-refractivity contribution < 1.29 is 13.2 Å². The summed E-state index contributed by atoms with van der Waals surface area (Å²) in [7, 11) is -3.66. The lowest BCUT2D eigenvalue weighted by Gasteiger charge is -2.12. The maximum atomic E-state index is 12.7. The van der Waals surface area contributed by atoms with Gasteiger partial charge >= 0.3 is 0 Å². The first-order valence-corrected chi connectivity index (χ1v) is 8.46. The Labute approximate surface area is 129 Å². The average Bonchev–Trinajstić information content (AvgIpc) is 3.07. The van der Waals surface area contributed by atoms with Crippen LogP contribution in [0.2, 0.25) is 0 Å². The van der Waals surface area contributed by atoms with E-state index in [1.54, 1.807) is 18.2 Å². The SMILES string of the molecule is CCCOc1ccc(S(=O)(=O)n2ccnc2)c2ccccc12. The van der Waals surface area contributed by atoms with E-state index in [1.807, 2.05) is 25.1 Å². The van der Waals surface area contributed by atoms with Gasteiger partial charge in [-0.3, -0.25) is 0 Å². The lowest BCUT2D eigenvalue weighted by Crippen LogP contribution is -2.11. The number of benzene rings is 2. The molecule has 0 aliphatic heterocycles. The summed E-state index contributed by atoms with van der Waals surface area (Å²) in [4.78, 5) is 4.05. The molecule has 0 saturated heterocycles. The highest BCUT2D eigenvalue weighted by Crippen LogP contribution is 2.32. The molecule has 6 heteroatoms. The molecule has 0 aliphatic rings. The first-order chi connectivity index (χ1) is 10.6. The summed E-state index contributed by atoms with van der Waals surface area (Å²) >= 11 is 0. The zero-order valence-corrected chi connectivity index (χ0v) is 13.0. The van der Waals surface area contributed by atoms with Gasteiger partial charge in [0.1, 0.15) is 12.1 Å². The van der Waals surface area contributed by atoms with Gasteiger partial charge in [0.2, 0.25) is 0 Å². The highest BCUT2D eigenvalue weighted by molar-refractivity contribution is 7.90. The second kappa shape index (κ2) is 5.81. The van der Waals surface area contributed by atoms with Crippen LogP contribution in [0.25, 0.3) is 10.8 Å². The summed E-state index contributed by atoms with van der Waals surface area (Å²) < 4.78 is 32.3. The smallest absolute Gasteiger partial charge is 0.269 e. The van der Waals surface area contributed by atoms with E-state index < -0.39 is 10.0 Å². The van der Waals surface area contributed by atoms with E-state index in [0.717, 1.165) is 15.8 Å². The summed E-state index contributed by atoms with van der Waals surface area (Å²) in [5.74, 6) is 0.696. The third kappa shape index (κ3) is 2.46. The highest BCUT2D eigenvalue weighted by atomic mass is 32.2. The van der Waals surface area contributed by atoms with Gasteiger partial charge in [-0.1, -0.05) is 31.2 Å². The van der Waals surface area contributed by atoms with E-state index in [4.69, 9.17) is 4.74 Å². The zero-order chi connectivity index (χ0) is 15.6. The number of rotatable bonds is 5. The van der Waals surface area contributed by atoms with Gasteiger partial charge in [0.15, 0.2) is 0 Å². The third-order valence-corrected chi connectivity index (χ3v) is 5.02. The van der Waals surface area contributed by atoms with E-state index in [2.05, 4.69) is 4.98 Å². The molecular formula is C16H16N2O3S. The molecule has 0 bridgehead atoms. The van der Waals surface area contributed by atoms with Crippen molar-refractivity contribution in [2.75, 3.05) is 6.61 Å². The highest BCUT2D eigenvalue weighted by Gasteiger charge is 2.20. The molecule has 0 atom stereocenters. The van der Waals surface area contributed by atoms with Gasteiger partial charge in [-0.25, -0.2) is 17.4 Å². The van der Waals surface area contributed by atoms with Crippen molar-refractivity contribution in [2.45, 2.75) is 18.2 Å². The predicted octanol–water partition coefficient (Wildman–Crippen LogP) is 3.06. The molecule has 3 aromatic rings. The Morgan fingerprint density at radius 2 is 1.91 bits per heavy atom. The molecule has 0 unspecified atom stereocenters. The average molecular weight is 316 g/mol. The predicted molar refractivity (Wildman–Crippen MR) is 84.5 cm³/mol. The monoisotopic (exact) mass is 316 g/mol. The number of ether oxygens (including phenoxy) is 1. The van der Waals surface area contributed by atoms with Crippen molar-refractivity contribution in [3.8, 4) is 5.75 Å². The summed E-state index contributed by atoms with van der Waals surface area (Å²) in [5, 5.41) is 1.43. The summed E-state index contributed by atoms with van der Waals surface area (Å²) in [6, 6.07) is 10.6. The van der Waals surface area contributed by atoms with Gasteiger partial charge in [-0.2, -0.15) is 0 Å². The number of nitrogens with zero attached hydrogens (tertiary/aromatic N) is 2. The van der Waals surface area contributed by atoms with Crippen LogP contribution < -0.4 is 4.74 Å². The van der Waals surface area contributed by atoms with Crippen LogP contribution in [0.3, 0.4) is 0 Å². The Balaban J connectivity index is 2.20. The van der Waals surface area contributed by atoms with Gasteiger partial charge in [-0.15, -0.1) is 0 Å². The molecule has 0 radical (unpaired) electrons. The number of imidazole rings is 1. The minimum atomic E-state index is -3.66. The van der Waals surface area contributed by atoms with Crippen molar-refractivity contribution in [2.24, 2.45) is 0 Å². The first kappa shape index (κ1) is 14.6. The third-order valence-electron chi connectivity index (χ3n) is 3.34. The summed E-state index contributed by atoms with van der Waals surface area (Å²) in [6.07, 6.45) is 5.04. The molecular weight excluding hydrogens is 300 g/mol. The summed E-state index contributed by atoms with van der Waals surface area (Å²) in [6.45, 7) is 2.62. The molecule has 2 aromatic carbocycles. The number of hydrogen-bond acceptors (Lipinski definition) is 4. The molecule has 0 N–H and O–H groups in total. The first-order valence-electron chi connectivity index (χ1n) is 7.02. The molecule has 0 spiro atoms. The van der Waals surface area contributed by atoms with Crippen LogP contribution in [-0.4, -0.2) is 24.0 Å². The Morgan fingerprint density at radius 1 is 1.14 bits per heavy atom. The van der Waals surface area contributed by atoms with Crippen LogP contribution in [0, 0.1) is 0 Å². The van der Waals surface area contributed by atoms with Crippen molar-refractivity contribution in [3.63, 3.8) is 0 Å². The van der Waals surface area contributed by atoms with Crippen molar-refractivity contribution in [3.05, 3.63) is 55.1 Å². The zero-order valence-electron chi connectivity index (χ0n) is 12.1. The quantitative estimate of drug-likeness (QED) is 0.726. The van der Waals surface area contributed by atoms with Crippen molar-refractivity contribution >= 4 is 20.8 Å². The second-order valence-corrected chi connectivity index (χ2v) is 6.67. The fourth-order valence-electron chi connectivity index (χ4n) is 2.31. The minimum Gasteiger partial charge on any atom is -0.493 e. The largest absolute Gasteiger partial charge is 0.493 e. The van der Waals surface area contributed by atoms with Crippen LogP contribution >= 0.6 is 0 Å². The van der Waals surface area contributed by atoms with Crippen LogP contribution in [0.5, 0.6) is 5.75 Å². The van der Waals surface area contributed by atoms with Crippen LogP contribution in [-0.2, 0) is 10.0 Å². The van der Waals surface area contributed by atoms with E-state index in [-0.39, 0.29) is 4.90 Å². The number of aromatic nitrogens is 2. The van der Waals surface area contributed by atoms with Gasteiger partial charge in [0, 0.05) is 23.2 Å². The van der Waals surface area contributed by atoms with Crippen molar-refractivity contribution in [1.82, 2.24) is 8.96 Å². The van der Waals surface area contributed by atoms with Crippen LogP contribution in [0.15, 0.2) is 60.0 Å². The molecule has 0 fully saturated rings. The van der Waals surface area contributed by atoms with Crippen molar-refractivity contribution in [1.29, 1.82) is 0 Å². The minimum absolute atomic E-state index is 0.241. The number of fused-ring (bicyclic) bond motifs is 1. The van der Waals surface area contributed by atoms with Gasteiger partial charge < -0.3 is 4.74 Å². The van der Waals surface area contributed by atoms with Crippen LogP contribution in [0.4, 0.5) is 0 Å². The van der Waals surface area contributed by atoms with E-state index >= 15 is 0 Å². The Morgan fingerprint density at radius 3 is 2.59 bits per heavy atom.